The zero-order valence-corrected chi connectivity index (χ0v) is 21.1. The van der Waals surface area contributed by atoms with Crippen LogP contribution in [0.3, 0.4) is 0 Å². The number of ether oxygens (including phenoxy) is 1. The van der Waals surface area contributed by atoms with E-state index < -0.39 is 11.9 Å². The van der Waals surface area contributed by atoms with Crippen molar-refractivity contribution in [1.82, 2.24) is 10.7 Å². The number of hydrogen-bond acceptors (Lipinski definition) is 6. The molecule has 0 fully saturated rings. The van der Waals surface area contributed by atoms with Gasteiger partial charge in [0.1, 0.15) is 10.6 Å². The first-order valence-corrected chi connectivity index (χ1v) is 12.2. The van der Waals surface area contributed by atoms with Crippen LogP contribution in [0.15, 0.2) is 82.4 Å². The van der Waals surface area contributed by atoms with Crippen LogP contribution in [-0.2, 0) is 4.79 Å². The van der Waals surface area contributed by atoms with Gasteiger partial charge in [-0.25, -0.2) is 10.2 Å². The van der Waals surface area contributed by atoms with Gasteiger partial charge in [0.05, 0.1) is 17.8 Å². The third-order valence-corrected chi connectivity index (χ3v) is 6.86. The minimum Gasteiger partial charge on any atom is -0.422 e. The van der Waals surface area contributed by atoms with Gasteiger partial charge >= 0.3 is 5.97 Å². The Kier molecular flexibility index (Phi) is 7.91. The fourth-order valence-corrected chi connectivity index (χ4v) is 4.82. The van der Waals surface area contributed by atoms with Crippen molar-refractivity contribution in [1.29, 1.82) is 0 Å². The monoisotopic (exact) mass is 569 g/mol. The van der Waals surface area contributed by atoms with E-state index in [2.05, 4.69) is 31.8 Å². The normalized spacial score (nSPS) is 10.9. The lowest BCUT2D eigenvalue weighted by Gasteiger charge is -2.05. The van der Waals surface area contributed by atoms with Crippen LogP contribution < -0.4 is 15.5 Å². The first-order chi connectivity index (χ1) is 16.9. The van der Waals surface area contributed by atoms with E-state index in [1.807, 2.05) is 24.3 Å². The van der Waals surface area contributed by atoms with Crippen molar-refractivity contribution >= 4 is 73.0 Å². The van der Waals surface area contributed by atoms with Crippen LogP contribution in [0.4, 0.5) is 0 Å². The summed E-state index contributed by atoms with van der Waals surface area (Å²) in [6.07, 6.45) is 1.43. The highest BCUT2D eigenvalue weighted by molar-refractivity contribution is 9.10. The van der Waals surface area contributed by atoms with Gasteiger partial charge in [-0.2, -0.15) is 5.10 Å². The van der Waals surface area contributed by atoms with Gasteiger partial charge in [-0.05, 0) is 54.1 Å². The smallest absolute Gasteiger partial charge is 0.355 e. The minimum absolute atomic E-state index is 0.224. The van der Waals surface area contributed by atoms with E-state index in [4.69, 9.17) is 16.3 Å². The molecule has 0 saturated carbocycles. The molecule has 3 aromatic carbocycles. The summed E-state index contributed by atoms with van der Waals surface area (Å²) in [5.74, 6) is -1.03. The molecule has 0 aliphatic rings. The second kappa shape index (κ2) is 11.3. The molecular formula is C25H17BrClN3O4S. The van der Waals surface area contributed by atoms with Crippen molar-refractivity contribution in [3.63, 3.8) is 0 Å². The van der Waals surface area contributed by atoms with Gasteiger partial charge < -0.3 is 10.1 Å². The average Bonchev–Trinajstić information content (AvgIpc) is 3.20. The molecule has 4 aromatic rings. The molecule has 0 aliphatic heterocycles. The Morgan fingerprint density at radius 3 is 2.54 bits per heavy atom. The zero-order chi connectivity index (χ0) is 24.8. The van der Waals surface area contributed by atoms with Crippen LogP contribution >= 0.6 is 38.9 Å². The fraction of sp³-hybridized carbons (Fsp3) is 0.0400. The second-order valence-corrected chi connectivity index (χ2v) is 9.53. The number of carbonyl (C=O) groups excluding carboxylic acids is 3. The van der Waals surface area contributed by atoms with E-state index in [0.29, 0.717) is 26.8 Å². The molecule has 10 heteroatoms. The molecule has 0 unspecified atom stereocenters. The highest BCUT2D eigenvalue weighted by atomic mass is 79.9. The van der Waals surface area contributed by atoms with Crippen molar-refractivity contribution < 1.29 is 19.1 Å². The molecule has 0 spiro atoms. The SMILES string of the molecule is O=C(CNC(=O)c1cccc(Br)c1)N/N=C/c1ccc(OC(=O)c2sc3ccccc3c2Cl)cc1. The molecule has 1 heterocycles. The number of nitrogens with one attached hydrogen (secondary N) is 2. The average molecular weight is 571 g/mol. The molecule has 35 heavy (non-hydrogen) atoms. The molecule has 0 radical (unpaired) electrons. The topological polar surface area (TPSA) is 96.9 Å². The van der Waals surface area contributed by atoms with E-state index in [1.165, 1.54) is 17.6 Å². The van der Waals surface area contributed by atoms with Crippen molar-refractivity contribution in [2.75, 3.05) is 6.54 Å². The predicted molar refractivity (Wildman–Crippen MR) is 140 cm³/mol. The van der Waals surface area contributed by atoms with Gasteiger partial charge in [-0.3, -0.25) is 9.59 Å². The lowest BCUT2D eigenvalue weighted by molar-refractivity contribution is -0.120. The first-order valence-electron chi connectivity index (χ1n) is 10.3. The summed E-state index contributed by atoms with van der Waals surface area (Å²) in [6.45, 7) is -0.224. The highest BCUT2D eigenvalue weighted by Crippen LogP contribution is 2.35. The number of hydrogen-bond donors (Lipinski definition) is 2. The standard InChI is InChI=1S/C25H17BrClN3O4S/c26-17-5-3-4-16(12-17)24(32)28-14-21(31)30-29-13-15-8-10-18(11-9-15)34-25(33)23-22(27)19-6-1-2-7-20(19)35-23/h1-13H,14H2,(H,28,32)(H,30,31)/b29-13+. The third-order valence-electron chi connectivity index (χ3n) is 4.71. The van der Waals surface area contributed by atoms with Crippen LogP contribution in [0, 0.1) is 0 Å². The zero-order valence-electron chi connectivity index (χ0n) is 18.0. The third kappa shape index (κ3) is 6.33. The number of esters is 1. The number of benzene rings is 3. The number of fused-ring (bicyclic) bond motifs is 1. The van der Waals surface area contributed by atoms with E-state index in [0.717, 1.165) is 14.6 Å². The molecule has 4 rings (SSSR count). The van der Waals surface area contributed by atoms with E-state index in [-0.39, 0.29) is 12.5 Å². The van der Waals surface area contributed by atoms with E-state index in [9.17, 15) is 14.4 Å². The number of carbonyl (C=O) groups is 3. The summed E-state index contributed by atoms with van der Waals surface area (Å²) in [4.78, 5) is 36.9. The summed E-state index contributed by atoms with van der Waals surface area (Å²) >= 11 is 10.9. The van der Waals surface area contributed by atoms with Crippen LogP contribution in [0.25, 0.3) is 10.1 Å². The number of thiophene rings is 1. The van der Waals surface area contributed by atoms with Crippen LogP contribution in [0.5, 0.6) is 5.75 Å². The highest BCUT2D eigenvalue weighted by Gasteiger charge is 2.18. The van der Waals surface area contributed by atoms with Crippen LogP contribution in [0.2, 0.25) is 5.02 Å². The van der Waals surface area contributed by atoms with Crippen LogP contribution in [-0.4, -0.2) is 30.5 Å². The van der Waals surface area contributed by atoms with Gasteiger partial charge in [-0.1, -0.05) is 51.8 Å². The molecule has 0 saturated heterocycles. The van der Waals surface area contributed by atoms with Crippen molar-refractivity contribution in [3.8, 4) is 5.75 Å². The van der Waals surface area contributed by atoms with Crippen molar-refractivity contribution in [2.24, 2.45) is 5.10 Å². The van der Waals surface area contributed by atoms with Gasteiger partial charge in [-0.15, -0.1) is 11.3 Å². The molecule has 7 nitrogen and oxygen atoms in total. The van der Waals surface area contributed by atoms with E-state index >= 15 is 0 Å². The Hall–Kier alpha value is -3.53. The Labute approximate surface area is 217 Å². The largest absolute Gasteiger partial charge is 0.422 e. The number of hydrazone groups is 1. The first kappa shape index (κ1) is 24.6. The molecule has 0 atom stereocenters. The number of nitrogens with zero attached hydrogens (tertiary/aromatic N) is 1. The second-order valence-electron chi connectivity index (χ2n) is 7.19. The molecular weight excluding hydrogens is 554 g/mol. The summed E-state index contributed by atoms with van der Waals surface area (Å²) in [5, 5.41) is 7.59. The molecule has 0 aliphatic carbocycles. The quantitative estimate of drug-likeness (QED) is 0.134. The predicted octanol–water partition coefficient (Wildman–Crippen LogP) is 5.42. The van der Waals surface area contributed by atoms with Gasteiger partial charge in [0, 0.05) is 20.1 Å². The molecule has 0 bridgehead atoms. The minimum atomic E-state index is -0.533. The number of halogens is 2. The maximum absolute atomic E-state index is 12.6. The Bertz CT molecular complexity index is 1440. The van der Waals surface area contributed by atoms with Crippen molar-refractivity contribution in [3.05, 3.63) is 98.3 Å². The number of rotatable bonds is 7. The van der Waals surface area contributed by atoms with Crippen LogP contribution in [0.1, 0.15) is 25.6 Å². The Morgan fingerprint density at radius 2 is 1.80 bits per heavy atom. The van der Waals surface area contributed by atoms with Gasteiger partial charge in [0.15, 0.2) is 0 Å². The molecule has 2 amide bonds. The Morgan fingerprint density at radius 1 is 1.03 bits per heavy atom. The lowest BCUT2D eigenvalue weighted by atomic mass is 10.2. The summed E-state index contributed by atoms with van der Waals surface area (Å²) in [7, 11) is 0. The molecule has 176 valence electrons. The lowest BCUT2D eigenvalue weighted by Crippen LogP contribution is -2.34. The van der Waals surface area contributed by atoms with Crippen molar-refractivity contribution in [2.45, 2.75) is 0 Å². The fourth-order valence-electron chi connectivity index (χ4n) is 3.03. The maximum atomic E-state index is 12.6. The Balaban J connectivity index is 1.27. The maximum Gasteiger partial charge on any atom is 0.355 e. The van der Waals surface area contributed by atoms with Gasteiger partial charge in [0.25, 0.3) is 11.8 Å². The molecule has 1 aromatic heterocycles. The summed E-state index contributed by atoms with van der Waals surface area (Å²) in [6, 6.07) is 20.9. The summed E-state index contributed by atoms with van der Waals surface area (Å²) in [5.41, 5.74) is 3.45. The van der Waals surface area contributed by atoms with Gasteiger partial charge in [0.2, 0.25) is 0 Å². The van der Waals surface area contributed by atoms with E-state index in [1.54, 1.807) is 48.5 Å². The number of amides is 2. The molecule has 2 N–H and O–H groups in total. The summed E-state index contributed by atoms with van der Waals surface area (Å²) < 4.78 is 7.11.